The van der Waals surface area contributed by atoms with Crippen LogP contribution in [0.25, 0.3) is 0 Å². The highest BCUT2D eigenvalue weighted by molar-refractivity contribution is 5.81. The number of nitrogens with zero attached hydrogens (tertiary/aromatic N) is 4. The van der Waals surface area contributed by atoms with E-state index in [1.54, 1.807) is 22.7 Å². The quantitative estimate of drug-likeness (QED) is 0.0642. The van der Waals surface area contributed by atoms with Crippen LogP contribution in [0.2, 0.25) is 0 Å². The molecular formula is C44H74N6O15. The Bertz CT molecular complexity index is 1630. The molecule has 6 rings (SSSR count). The maximum atomic E-state index is 13.9. The fourth-order valence-electron chi connectivity index (χ4n) is 9.78. The van der Waals surface area contributed by atoms with Gasteiger partial charge in [0.15, 0.2) is 12.6 Å². The SMILES string of the molecule is CC[C@@H]1CC(C(=O)NCCOCCc2cn(CCCO)nn2)C[C@@H](O[C@@H]2OC(CO)[C@H](O)C(O[C@@H](CC3CCCCC3)C(=O)N3CCC3)C2NC(C)=O)C1O[C@@H]1OC(C)[C@@H](O)C(O)C1O. The van der Waals surface area contributed by atoms with Gasteiger partial charge in [-0.25, -0.2) is 0 Å². The van der Waals surface area contributed by atoms with Gasteiger partial charge < -0.3 is 74.6 Å². The van der Waals surface area contributed by atoms with E-state index in [4.69, 9.17) is 33.5 Å². The van der Waals surface area contributed by atoms with Crippen LogP contribution in [-0.2, 0) is 55.8 Å². The Balaban J connectivity index is 1.20. The van der Waals surface area contributed by atoms with Gasteiger partial charge >= 0.3 is 0 Å². The summed E-state index contributed by atoms with van der Waals surface area (Å²) < 4.78 is 39.5. The largest absolute Gasteiger partial charge is 0.396 e. The maximum Gasteiger partial charge on any atom is 0.251 e. The maximum absolute atomic E-state index is 13.9. The van der Waals surface area contributed by atoms with E-state index in [0.717, 1.165) is 44.2 Å². The summed E-state index contributed by atoms with van der Waals surface area (Å²) in [6.45, 7) is 6.70. The van der Waals surface area contributed by atoms with E-state index in [-0.39, 0.29) is 49.8 Å². The predicted molar refractivity (Wildman–Crippen MR) is 228 cm³/mol. The molecule has 2 aliphatic carbocycles. The van der Waals surface area contributed by atoms with Gasteiger partial charge in [-0.15, -0.1) is 5.10 Å². The Morgan fingerprint density at radius 2 is 1.69 bits per heavy atom. The van der Waals surface area contributed by atoms with Crippen LogP contribution >= 0.6 is 0 Å². The number of carbonyl (C=O) groups excluding carboxylic acids is 3. The Kier molecular flexibility index (Phi) is 19.7. The molecule has 15 atom stereocenters. The summed E-state index contributed by atoms with van der Waals surface area (Å²) in [4.78, 5) is 42.5. The number of likely N-dealkylation sites (tertiary alicyclic amines) is 1. The lowest BCUT2D eigenvalue weighted by molar-refractivity contribution is -0.338. The van der Waals surface area contributed by atoms with Gasteiger partial charge in [0.25, 0.3) is 5.91 Å². The van der Waals surface area contributed by atoms with Crippen LogP contribution in [0.3, 0.4) is 0 Å². The lowest BCUT2D eigenvalue weighted by Gasteiger charge is -2.49. The number of aromatic nitrogens is 3. The van der Waals surface area contributed by atoms with Crippen molar-refractivity contribution < 1.29 is 73.4 Å². The molecule has 0 radical (unpaired) electrons. The monoisotopic (exact) mass is 927 g/mol. The van der Waals surface area contributed by atoms with Crippen molar-refractivity contribution in [1.82, 2.24) is 30.5 Å². The summed E-state index contributed by atoms with van der Waals surface area (Å²) >= 11 is 0. The molecule has 4 heterocycles. The third-order valence-corrected chi connectivity index (χ3v) is 13.7. The molecular weight excluding hydrogens is 853 g/mol. The van der Waals surface area contributed by atoms with E-state index in [2.05, 4.69) is 20.9 Å². The van der Waals surface area contributed by atoms with Crippen molar-refractivity contribution in [3.05, 3.63) is 11.9 Å². The highest BCUT2D eigenvalue weighted by atomic mass is 16.7. The number of hydrogen-bond donors (Lipinski definition) is 8. The van der Waals surface area contributed by atoms with Crippen molar-refractivity contribution in [3.63, 3.8) is 0 Å². The van der Waals surface area contributed by atoms with Gasteiger partial charge in [0.05, 0.1) is 43.8 Å². The number of carbonyl (C=O) groups is 3. The van der Waals surface area contributed by atoms with Crippen molar-refractivity contribution in [2.24, 2.45) is 17.8 Å². The van der Waals surface area contributed by atoms with Gasteiger partial charge in [-0.05, 0) is 50.9 Å². The second kappa shape index (κ2) is 24.9. The normalized spacial score (nSPS) is 35.0. The second-order valence-corrected chi connectivity index (χ2v) is 18.4. The van der Waals surface area contributed by atoms with Crippen LogP contribution in [-0.4, -0.2) is 194 Å². The number of nitrogens with one attached hydrogen (secondary N) is 2. The van der Waals surface area contributed by atoms with E-state index in [9.17, 15) is 39.9 Å². The lowest BCUT2D eigenvalue weighted by atomic mass is 9.75. The molecule has 370 valence electrons. The highest BCUT2D eigenvalue weighted by Gasteiger charge is 2.53. The molecule has 3 amide bonds. The second-order valence-electron chi connectivity index (χ2n) is 18.4. The molecule has 0 aromatic carbocycles. The third-order valence-electron chi connectivity index (χ3n) is 13.7. The molecule has 8 unspecified atom stereocenters. The Labute approximate surface area is 380 Å². The number of rotatable bonds is 22. The summed E-state index contributed by atoms with van der Waals surface area (Å²) in [5, 5.41) is 77.5. The third kappa shape index (κ3) is 13.6. The Hall–Kier alpha value is -2.93. The topological polar surface area (TPSA) is 286 Å². The van der Waals surface area contributed by atoms with Crippen LogP contribution in [0.4, 0.5) is 0 Å². The van der Waals surface area contributed by atoms with Gasteiger partial charge in [-0.2, -0.15) is 0 Å². The molecule has 5 aliphatic rings. The standard InChI is InChI=1S/C44H74N6O15/c1-4-28-21-29(41(58)45-13-19-60-18-12-30-23-50(48-47-30)16-9-17-51)22-31(39(28)65-44-38(57)37(56)35(54)25(2)61-44)63-43-34(46-26(3)53)40(36(55)33(24-52)64-43)62-32(42(59)49-14-8-15-49)20-27-10-6-5-7-11-27/h23,25,27-29,31-40,43-44,51-52,54-57H,4-22,24H2,1-3H3,(H,45,58)(H,46,53)/t25?,28-,29?,31-,32+,33?,34?,35-,36+,37?,38?,39?,40?,43-,44+/m1/s1. The van der Waals surface area contributed by atoms with Gasteiger partial charge in [0.2, 0.25) is 11.8 Å². The zero-order valence-electron chi connectivity index (χ0n) is 38.1. The van der Waals surface area contributed by atoms with Crippen LogP contribution in [0.15, 0.2) is 6.20 Å². The highest BCUT2D eigenvalue weighted by Crippen LogP contribution is 2.40. The minimum absolute atomic E-state index is 0.0609. The van der Waals surface area contributed by atoms with Crippen LogP contribution < -0.4 is 10.6 Å². The van der Waals surface area contributed by atoms with E-state index in [1.165, 1.54) is 6.92 Å². The van der Waals surface area contributed by atoms with E-state index >= 15 is 0 Å². The number of ether oxygens (including phenoxy) is 6. The first-order valence-corrected chi connectivity index (χ1v) is 23.8. The summed E-state index contributed by atoms with van der Waals surface area (Å²) in [6, 6.07) is -1.20. The fraction of sp³-hybridized carbons (Fsp3) is 0.886. The first kappa shape index (κ1) is 51.5. The molecule has 3 aliphatic heterocycles. The van der Waals surface area contributed by atoms with E-state index in [0.29, 0.717) is 58.3 Å². The predicted octanol–water partition coefficient (Wildman–Crippen LogP) is -1.09. The molecule has 21 nitrogen and oxygen atoms in total. The van der Waals surface area contributed by atoms with Crippen molar-refractivity contribution in [2.75, 3.05) is 46.1 Å². The fourth-order valence-corrected chi connectivity index (χ4v) is 9.78. The summed E-state index contributed by atoms with van der Waals surface area (Å²) in [5.41, 5.74) is 0.744. The number of aliphatic hydroxyl groups excluding tert-OH is 6. The average molecular weight is 927 g/mol. The molecule has 8 N–H and O–H groups in total. The van der Waals surface area contributed by atoms with Crippen molar-refractivity contribution in [1.29, 1.82) is 0 Å². The lowest BCUT2D eigenvalue weighted by Crippen LogP contribution is -2.67. The van der Waals surface area contributed by atoms with Crippen molar-refractivity contribution >= 4 is 17.7 Å². The van der Waals surface area contributed by atoms with Crippen molar-refractivity contribution in [3.8, 4) is 0 Å². The van der Waals surface area contributed by atoms with Gasteiger partial charge in [-0.3, -0.25) is 19.1 Å². The van der Waals surface area contributed by atoms with E-state index in [1.807, 2.05) is 6.92 Å². The summed E-state index contributed by atoms with van der Waals surface area (Å²) in [6.07, 6.45) is -4.93. The molecule has 65 heavy (non-hydrogen) atoms. The minimum Gasteiger partial charge on any atom is -0.396 e. The molecule has 1 aromatic rings. The Morgan fingerprint density at radius 1 is 0.923 bits per heavy atom. The van der Waals surface area contributed by atoms with Gasteiger partial charge in [-0.1, -0.05) is 50.7 Å². The minimum atomic E-state index is -1.63. The molecule has 2 saturated carbocycles. The molecule has 1 aromatic heterocycles. The van der Waals surface area contributed by atoms with Crippen LogP contribution in [0.5, 0.6) is 0 Å². The average Bonchev–Trinajstić information content (AvgIpc) is 3.74. The summed E-state index contributed by atoms with van der Waals surface area (Å²) in [5.74, 6) is -1.74. The Morgan fingerprint density at radius 3 is 2.37 bits per heavy atom. The molecule has 0 bridgehead atoms. The van der Waals surface area contributed by atoms with Crippen LogP contribution in [0, 0.1) is 17.8 Å². The number of aliphatic hydroxyl groups is 6. The first-order valence-electron chi connectivity index (χ1n) is 23.8. The van der Waals surface area contributed by atoms with Crippen molar-refractivity contribution in [2.45, 2.75) is 184 Å². The smallest absolute Gasteiger partial charge is 0.251 e. The van der Waals surface area contributed by atoms with Gasteiger partial charge in [0, 0.05) is 58.2 Å². The zero-order chi connectivity index (χ0) is 46.6. The molecule has 3 saturated heterocycles. The zero-order valence-corrected chi connectivity index (χ0v) is 38.1. The first-order chi connectivity index (χ1) is 31.3. The molecule has 21 heteroatoms. The van der Waals surface area contributed by atoms with E-state index < -0.39 is 98.1 Å². The summed E-state index contributed by atoms with van der Waals surface area (Å²) in [7, 11) is 0. The van der Waals surface area contributed by atoms with Gasteiger partial charge in [0.1, 0.15) is 48.8 Å². The number of amides is 3. The number of aryl methyl sites for hydroxylation is 1. The molecule has 5 fully saturated rings. The van der Waals surface area contributed by atoms with Crippen LogP contribution in [0.1, 0.15) is 97.1 Å². The number of hydrogen-bond acceptors (Lipinski definition) is 17. The molecule has 0 spiro atoms.